The maximum Gasteiger partial charge on any atom is 0.235 e. The molecule has 5 heteroatoms. The molecule has 0 unspecified atom stereocenters. The van der Waals surface area contributed by atoms with Gasteiger partial charge in [0.25, 0.3) is 0 Å². The van der Waals surface area contributed by atoms with Crippen LogP contribution in [0.4, 0.5) is 5.69 Å². The van der Waals surface area contributed by atoms with E-state index in [0.717, 1.165) is 31.2 Å². The summed E-state index contributed by atoms with van der Waals surface area (Å²) in [4.78, 5) is 13.4. The molecule has 1 saturated carbocycles. The van der Waals surface area contributed by atoms with Crippen LogP contribution in [0, 0.1) is 6.92 Å². The van der Waals surface area contributed by atoms with Crippen molar-refractivity contribution in [2.75, 3.05) is 19.0 Å². The van der Waals surface area contributed by atoms with Gasteiger partial charge in [0.05, 0.1) is 17.0 Å². The number of nitrogens with one attached hydrogen (secondary N) is 1. The minimum Gasteiger partial charge on any atom is -0.487 e. The molecule has 1 amide bonds. The lowest BCUT2D eigenvalue weighted by molar-refractivity contribution is -0.122. The van der Waals surface area contributed by atoms with E-state index in [-0.39, 0.29) is 12.0 Å². The Morgan fingerprint density at radius 2 is 1.83 bits per heavy atom. The molecule has 0 heterocycles. The van der Waals surface area contributed by atoms with Gasteiger partial charge < -0.3 is 14.8 Å². The van der Waals surface area contributed by atoms with Crippen LogP contribution < -0.4 is 10.1 Å². The van der Waals surface area contributed by atoms with Gasteiger partial charge in [0.15, 0.2) is 0 Å². The maximum atomic E-state index is 13.4. The van der Waals surface area contributed by atoms with Crippen molar-refractivity contribution in [2.45, 2.75) is 57.5 Å². The number of ether oxygens (including phenoxy) is 2. The standard InChI is InChI=1S/C24H30ClNO3/c1-17-7-9-19(10-8-17)24(13-5-4-6-14-24)23(27)26-20-11-12-22(21(25)15-20)29-18(2)16-28-3/h7-12,15,18H,4-6,13-14,16H2,1-3H3,(H,26,27)/t18-/m1/s1. The number of methoxy groups -OCH3 is 1. The summed E-state index contributed by atoms with van der Waals surface area (Å²) in [6.45, 7) is 4.47. The van der Waals surface area contributed by atoms with Gasteiger partial charge in [-0.25, -0.2) is 0 Å². The molecule has 0 aromatic heterocycles. The molecule has 0 radical (unpaired) electrons. The second-order valence-corrected chi connectivity index (χ2v) is 8.40. The molecule has 2 aromatic rings. The van der Waals surface area contributed by atoms with E-state index >= 15 is 0 Å². The molecule has 3 rings (SSSR count). The summed E-state index contributed by atoms with van der Waals surface area (Å²) in [6.07, 6.45) is 4.93. The van der Waals surface area contributed by atoms with Crippen LogP contribution in [0.25, 0.3) is 0 Å². The van der Waals surface area contributed by atoms with Crippen molar-refractivity contribution in [2.24, 2.45) is 0 Å². The number of carbonyl (C=O) groups is 1. The molecule has 156 valence electrons. The predicted octanol–water partition coefficient (Wildman–Crippen LogP) is 5.90. The van der Waals surface area contributed by atoms with Crippen LogP contribution >= 0.6 is 11.6 Å². The van der Waals surface area contributed by atoms with Crippen molar-refractivity contribution in [3.8, 4) is 5.75 Å². The molecule has 0 spiro atoms. The Balaban J connectivity index is 1.79. The van der Waals surface area contributed by atoms with Crippen molar-refractivity contribution in [1.82, 2.24) is 0 Å². The summed E-state index contributed by atoms with van der Waals surface area (Å²) < 4.78 is 10.9. The first kappa shape index (κ1) is 21.7. The fourth-order valence-corrected chi connectivity index (χ4v) is 4.31. The van der Waals surface area contributed by atoms with Crippen LogP contribution in [0.5, 0.6) is 5.75 Å². The summed E-state index contributed by atoms with van der Waals surface area (Å²) >= 11 is 6.39. The van der Waals surface area contributed by atoms with Gasteiger partial charge in [-0.2, -0.15) is 0 Å². The Labute approximate surface area is 178 Å². The first-order valence-electron chi connectivity index (χ1n) is 10.3. The molecule has 0 aliphatic heterocycles. The number of carbonyl (C=O) groups excluding carboxylic acids is 1. The third kappa shape index (κ3) is 5.12. The van der Waals surface area contributed by atoms with Crippen molar-refractivity contribution >= 4 is 23.2 Å². The highest BCUT2D eigenvalue weighted by Crippen LogP contribution is 2.41. The molecule has 4 nitrogen and oxygen atoms in total. The van der Waals surface area contributed by atoms with Gasteiger partial charge in [0.1, 0.15) is 11.9 Å². The van der Waals surface area contributed by atoms with E-state index in [1.54, 1.807) is 19.2 Å². The second kappa shape index (κ2) is 9.64. The molecule has 1 N–H and O–H groups in total. The second-order valence-electron chi connectivity index (χ2n) is 7.99. The highest BCUT2D eigenvalue weighted by atomic mass is 35.5. The Morgan fingerprint density at radius 3 is 2.45 bits per heavy atom. The SMILES string of the molecule is COC[C@@H](C)Oc1ccc(NC(=O)C2(c3ccc(C)cc3)CCCCC2)cc1Cl. The van der Waals surface area contributed by atoms with E-state index in [0.29, 0.717) is 23.1 Å². The van der Waals surface area contributed by atoms with Gasteiger partial charge in [0, 0.05) is 12.8 Å². The van der Waals surface area contributed by atoms with Crippen LogP contribution in [0.1, 0.15) is 50.2 Å². The third-order valence-electron chi connectivity index (χ3n) is 5.67. The summed E-state index contributed by atoms with van der Waals surface area (Å²) in [5, 5.41) is 3.58. The topological polar surface area (TPSA) is 47.6 Å². The van der Waals surface area contributed by atoms with Crippen molar-refractivity contribution in [3.05, 3.63) is 58.6 Å². The average Bonchev–Trinajstić information content (AvgIpc) is 2.71. The molecule has 0 saturated heterocycles. The van der Waals surface area contributed by atoms with Crippen molar-refractivity contribution < 1.29 is 14.3 Å². The zero-order valence-corrected chi connectivity index (χ0v) is 18.2. The molecule has 1 fully saturated rings. The summed E-state index contributed by atoms with van der Waals surface area (Å²) in [7, 11) is 1.63. The number of anilines is 1. The predicted molar refractivity (Wildman–Crippen MR) is 118 cm³/mol. The van der Waals surface area contributed by atoms with Crippen LogP contribution in [0.15, 0.2) is 42.5 Å². The van der Waals surface area contributed by atoms with Crippen LogP contribution in [0.2, 0.25) is 5.02 Å². The zero-order valence-electron chi connectivity index (χ0n) is 17.5. The first-order chi connectivity index (χ1) is 13.9. The minimum absolute atomic E-state index is 0.0403. The number of hydrogen-bond donors (Lipinski definition) is 1. The summed E-state index contributed by atoms with van der Waals surface area (Å²) in [5.74, 6) is 0.624. The molecule has 2 aromatic carbocycles. The number of rotatable bonds is 7. The number of hydrogen-bond acceptors (Lipinski definition) is 3. The Kier molecular flexibility index (Phi) is 7.20. The van der Waals surface area contributed by atoms with Gasteiger partial charge in [-0.1, -0.05) is 60.7 Å². The number of benzene rings is 2. The molecular weight excluding hydrogens is 386 g/mol. The lowest BCUT2D eigenvalue weighted by Gasteiger charge is -2.36. The van der Waals surface area contributed by atoms with Gasteiger partial charge in [-0.3, -0.25) is 4.79 Å². The highest BCUT2D eigenvalue weighted by Gasteiger charge is 2.41. The van der Waals surface area contributed by atoms with Gasteiger partial charge >= 0.3 is 0 Å². The molecule has 29 heavy (non-hydrogen) atoms. The maximum absolute atomic E-state index is 13.4. The number of aryl methyl sites for hydroxylation is 1. The van der Waals surface area contributed by atoms with E-state index in [4.69, 9.17) is 21.1 Å². The zero-order chi connectivity index (χ0) is 20.9. The molecule has 1 aliphatic rings. The fourth-order valence-electron chi connectivity index (χ4n) is 4.09. The summed E-state index contributed by atoms with van der Waals surface area (Å²) in [5.41, 5.74) is 2.49. The normalized spacial score (nSPS) is 16.8. The van der Waals surface area contributed by atoms with Crippen LogP contribution in [0.3, 0.4) is 0 Å². The lowest BCUT2D eigenvalue weighted by atomic mass is 9.68. The summed E-state index contributed by atoms with van der Waals surface area (Å²) in [6, 6.07) is 13.8. The van der Waals surface area contributed by atoms with E-state index in [1.165, 1.54) is 12.0 Å². The van der Waals surface area contributed by atoms with E-state index < -0.39 is 5.41 Å². The highest BCUT2D eigenvalue weighted by molar-refractivity contribution is 6.32. The Hall–Kier alpha value is -2.04. The smallest absolute Gasteiger partial charge is 0.235 e. The Bertz CT molecular complexity index is 829. The molecular formula is C24H30ClNO3. The Morgan fingerprint density at radius 1 is 1.14 bits per heavy atom. The van der Waals surface area contributed by atoms with Crippen molar-refractivity contribution in [3.63, 3.8) is 0 Å². The molecule has 0 bridgehead atoms. The van der Waals surface area contributed by atoms with Gasteiger partial charge in [-0.05, 0) is 50.5 Å². The average molecular weight is 416 g/mol. The van der Waals surface area contributed by atoms with Gasteiger partial charge in [-0.15, -0.1) is 0 Å². The quantitative estimate of drug-likeness (QED) is 0.612. The molecule has 1 aliphatic carbocycles. The van der Waals surface area contributed by atoms with Crippen LogP contribution in [-0.2, 0) is 14.9 Å². The number of halogens is 1. The van der Waals surface area contributed by atoms with E-state index in [2.05, 4.69) is 36.5 Å². The largest absolute Gasteiger partial charge is 0.487 e. The number of amides is 1. The van der Waals surface area contributed by atoms with Crippen molar-refractivity contribution in [1.29, 1.82) is 0 Å². The first-order valence-corrected chi connectivity index (χ1v) is 10.7. The van der Waals surface area contributed by atoms with Crippen LogP contribution in [-0.4, -0.2) is 25.7 Å². The monoisotopic (exact) mass is 415 g/mol. The van der Waals surface area contributed by atoms with E-state index in [9.17, 15) is 4.79 Å². The fraction of sp³-hybridized carbons (Fsp3) is 0.458. The van der Waals surface area contributed by atoms with Gasteiger partial charge in [0.2, 0.25) is 5.91 Å². The minimum atomic E-state index is -0.486. The van der Waals surface area contributed by atoms with E-state index in [1.807, 2.05) is 13.0 Å². The third-order valence-corrected chi connectivity index (χ3v) is 5.96. The molecule has 1 atom stereocenters. The lowest BCUT2D eigenvalue weighted by Crippen LogP contribution is -2.42.